The lowest BCUT2D eigenvalue weighted by Gasteiger charge is -2.20. The lowest BCUT2D eigenvalue weighted by Crippen LogP contribution is -2.40. The summed E-state index contributed by atoms with van der Waals surface area (Å²) in [7, 11) is 0. The Kier molecular flexibility index (Phi) is 4.75. The fraction of sp³-hybridized carbons (Fsp3) is 0.294. The first-order valence-corrected chi connectivity index (χ1v) is 7.09. The summed E-state index contributed by atoms with van der Waals surface area (Å²) in [6.45, 7) is 6.31. The SMILES string of the molecule is CC(C)(C)NC(=O)c1cncc(NCc2ccc(F)cc2)c1. The summed E-state index contributed by atoms with van der Waals surface area (Å²) in [6, 6.07) is 8.01. The topological polar surface area (TPSA) is 54.0 Å². The average Bonchev–Trinajstić information content (AvgIpc) is 2.45. The minimum Gasteiger partial charge on any atom is -0.380 e. The van der Waals surface area contributed by atoms with Gasteiger partial charge >= 0.3 is 0 Å². The average molecular weight is 301 g/mol. The first-order chi connectivity index (χ1) is 10.3. The lowest BCUT2D eigenvalue weighted by molar-refractivity contribution is 0.0919. The van der Waals surface area contributed by atoms with E-state index in [0.717, 1.165) is 11.3 Å². The highest BCUT2D eigenvalue weighted by molar-refractivity contribution is 5.95. The van der Waals surface area contributed by atoms with Crippen molar-refractivity contribution in [2.75, 3.05) is 5.32 Å². The van der Waals surface area contributed by atoms with Crippen LogP contribution < -0.4 is 10.6 Å². The monoisotopic (exact) mass is 301 g/mol. The van der Waals surface area contributed by atoms with Crippen molar-refractivity contribution in [1.29, 1.82) is 0 Å². The standard InChI is InChI=1S/C17H20FN3O/c1-17(2,3)21-16(22)13-8-15(11-19-10-13)20-9-12-4-6-14(18)7-5-12/h4-8,10-11,20H,9H2,1-3H3,(H,21,22). The van der Waals surface area contributed by atoms with Crippen molar-refractivity contribution in [3.63, 3.8) is 0 Å². The number of rotatable bonds is 4. The number of anilines is 1. The Morgan fingerprint density at radius 1 is 1.18 bits per heavy atom. The van der Waals surface area contributed by atoms with Crippen LogP contribution in [-0.2, 0) is 6.54 Å². The molecule has 0 fully saturated rings. The molecule has 0 aliphatic carbocycles. The number of hydrogen-bond acceptors (Lipinski definition) is 3. The molecule has 1 aromatic carbocycles. The maximum absolute atomic E-state index is 12.9. The minimum atomic E-state index is -0.297. The molecule has 2 rings (SSSR count). The van der Waals surface area contributed by atoms with Gasteiger partial charge in [-0.25, -0.2) is 4.39 Å². The Hall–Kier alpha value is -2.43. The van der Waals surface area contributed by atoms with E-state index in [4.69, 9.17) is 0 Å². The summed E-state index contributed by atoms with van der Waals surface area (Å²) in [4.78, 5) is 16.2. The van der Waals surface area contributed by atoms with Crippen molar-refractivity contribution in [2.45, 2.75) is 32.9 Å². The fourth-order valence-electron chi connectivity index (χ4n) is 1.88. The highest BCUT2D eigenvalue weighted by Crippen LogP contribution is 2.12. The van der Waals surface area contributed by atoms with Gasteiger partial charge < -0.3 is 10.6 Å². The number of nitrogens with one attached hydrogen (secondary N) is 2. The number of benzene rings is 1. The van der Waals surface area contributed by atoms with Crippen molar-refractivity contribution < 1.29 is 9.18 Å². The van der Waals surface area contributed by atoms with Crippen LogP contribution in [0.15, 0.2) is 42.7 Å². The number of nitrogens with zero attached hydrogens (tertiary/aromatic N) is 1. The van der Waals surface area contributed by atoms with Crippen LogP contribution in [0.3, 0.4) is 0 Å². The van der Waals surface area contributed by atoms with Crippen LogP contribution in [0, 0.1) is 5.82 Å². The maximum atomic E-state index is 12.9. The minimum absolute atomic E-state index is 0.162. The second kappa shape index (κ2) is 6.56. The van der Waals surface area contributed by atoms with E-state index in [-0.39, 0.29) is 17.3 Å². The molecule has 2 N–H and O–H groups in total. The zero-order chi connectivity index (χ0) is 16.2. The molecule has 1 amide bonds. The van der Waals surface area contributed by atoms with Crippen molar-refractivity contribution >= 4 is 11.6 Å². The number of hydrogen-bond donors (Lipinski definition) is 2. The van der Waals surface area contributed by atoms with Crippen LogP contribution in [-0.4, -0.2) is 16.4 Å². The third-order valence-electron chi connectivity index (χ3n) is 2.90. The zero-order valence-electron chi connectivity index (χ0n) is 13.0. The molecule has 1 aromatic heterocycles. The van der Waals surface area contributed by atoms with E-state index >= 15 is 0 Å². The summed E-state index contributed by atoms with van der Waals surface area (Å²) in [5, 5.41) is 6.07. The molecule has 0 atom stereocenters. The fourth-order valence-corrected chi connectivity index (χ4v) is 1.88. The van der Waals surface area contributed by atoms with Crippen molar-refractivity contribution in [3.05, 3.63) is 59.7 Å². The third kappa shape index (κ3) is 4.84. The number of carbonyl (C=O) groups is 1. The van der Waals surface area contributed by atoms with E-state index in [1.54, 1.807) is 24.4 Å². The number of aromatic nitrogens is 1. The molecule has 0 radical (unpaired) electrons. The van der Waals surface area contributed by atoms with E-state index in [2.05, 4.69) is 15.6 Å². The lowest BCUT2D eigenvalue weighted by atomic mass is 10.1. The van der Waals surface area contributed by atoms with Gasteiger partial charge in [0.25, 0.3) is 5.91 Å². The predicted molar refractivity (Wildman–Crippen MR) is 85.2 cm³/mol. The van der Waals surface area contributed by atoms with Crippen LogP contribution in [0.1, 0.15) is 36.7 Å². The van der Waals surface area contributed by atoms with E-state index in [0.29, 0.717) is 12.1 Å². The van der Waals surface area contributed by atoms with Gasteiger partial charge in [0, 0.05) is 24.5 Å². The summed E-state index contributed by atoms with van der Waals surface area (Å²) in [5.41, 5.74) is 1.89. The number of amides is 1. The van der Waals surface area contributed by atoms with Gasteiger partial charge in [-0.2, -0.15) is 0 Å². The molecule has 0 bridgehead atoms. The molecule has 0 saturated carbocycles. The first kappa shape index (κ1) is 15.9. The number of carbonyl (C=O) groups excluding carboxylic acids is 1. The van der Waals surface area contributed by atoms with Gasteiger partial charge in [0.2, 0.25) is 0 Å². The third-order valence-corrected chi connectivity index (χ3v) is 2.90. The molecule has 4 nitrogen and oxygen atoms in total. The van der Waals surface area contributed by atoms with Gasteiger partial charge in [0.15, 0.2) is 0 Å². The molecular weight excluding hydrogens is 281 g/mol. The molecule has 0 saturated heterocycles. The highest BCUT2D eigenvalue weighted by atomic mass is 19.1. The van der Waals surface area contributed by atoms with Gasteiger partial charge in [0.1, 0.15) is 5.82 Å². The second-order valence-corrected chi connectivity index (χ2v) is 6.15. The first-order valence-electron chi connectivity index (χ1n) is 7.09. The molecule has 2 aromatic rings. The van der Waals surface area contributed by atoms with Crippen LogP contribution in [0.25, 0.3) is 0 Å². The quantitative estimate of drug-likeness (QED) is 0.910. The van der Waals surface area contributed by atoms with Gasteiger partial charge in [-0.05, 0) is 44.5 Å². The van der Waals surface area contributed by atoms with E-state index in [1.165, 1.54) is 18.3 Å². The molecule has 0 unspecified atom stereocenters. The molecule has 0 aliphatic heterocycles. The Balaban J connectivity index is 2.02. The van der Waals surface area contributed by atoms with Gasteiger partial charge in [-0.15, -0.1) is 0 Å². The van der Waals surface area contributed by atoms with E-state index in [1.807, 2.05) is 20.8 Å². The van der Waals surface area contributed by atoms with Gasteiger partial charge in [-0.3, -0.25) is 9.78 Å². The molecule has 0 aliphatic rings. The zero-order valence-corrected chi connectivity index (χ0v) is 13.0. The van der Waals surface area contributed by atoms with E-state index in [9.17, 15) is 9.18 Å². The van der Waals surface area contributed by atoms with Gasteiger partial charge in [0.05, 0.1) is 11.3 Å². The smallest absolute Gasteiger partial charge is 0.253 e. The summed E-state index contributed by atoms with van der Waals surface area (Å²) >= 11 is 0. The van der Waals surface area contributed by atoms with E-state index < -0.39 is 0 Å². The second-order valence-electron chi connectivity index (χ2n) is 6.15. The normalized spacial score (nSPS) is 11.1. The molecule has 5 heteroatoms. The summed E-state index contributed by atoms with van der Waals surface area (Å²) < 4.78 is 12.9. The summed E-state index contributed by atoms with van der Waals surface area (Å²) in [5.74, 6) is -0.420. The van der Waals surface area contributed by atoms with Crippen LogP contribution in [0.4, 0.5) is 10.1 Å². The Labute approximate surface area is 129 Å². The molecule has 116 valence electrons. The van der Waals surface area contributed by atoms with Gasteiger partial charge in [-0.1, -0.05) is 12.1 Å². The Bertz CT molecular complexity index is 648. The molecule has 1 heterocycles. The van der Waals surface area contributed by atoms with Crippen molar-refractivity contribution in [1.82, 2.24) is 10.3 Å². The number of halogens is 1. The largest absolute Gasteiger partial charge is 0.380 e. The Morgan fingerprint density at radius 3 is 2.50 bits per heavy atom. The van der Waals surface area contributed by atoms with Crippen molar-refractivity contribution in [2.24, 2.45) is 0 Å². The highest BCUT2D eigenvalue weighted by Gasteiger charge is 2.15. The predicted octanol–water partition coefficient (Wildman–Crippen LogP) is 3.36. The van der Waals surface area contributed by atoms with Crippen LogP contribution in [0.2, 0.25) is 0 Å². The summed E-state index contributed by atoms with van der Waals surface area (Å²) in [6.07, 6.45) is 3.18. The Morgan fingerprint density at radius 2 is 1.86 bits per heavy atom. The molecule has 22 heavy (non-hydrogen) atoms. The number of pyridine rings is 1. The molecule has 0 spiro atoms. The van der Waals surface area contributed by atoms with Crippen LogP contribution >= 0.6 is 0 Å². The van der Waals surface area contributed by atoms with Crippen molar-refractivity contribution in [3.8, 4) is 0 Å². The molecular formula is C17H20FN3O. The van der Waals surface area contributed by atoms with Crippen LogP contribution in [0.5, 0.6) is 0 Å². The maximum Gasteiger partial charge on any atom is 0.253 e.